The molecular weight excluding hydrogens is 336 g/mol. The topological polar surface area (TPSA) is 52.8 Å². The van der Waals surface area contributed by atoms with E-state index in [1.165, 1.54) is 17.4 Å². The minimum Gasteiger partial charge on any atom is -0.486 e. The summed E-state index contributed by atoms with van der Waals surface area (Å²) in [6.45, 7) is 1.01. The normalized spacial score (nSPS) is 13.8. The third kappa shape index (κ3) is 2.60. The number of benzene rings is 1. The van der Waals surface area contributed by atoms with Crippen LogP contribution >= 0.6 is 22.9 Å². The predicted molar refractivity (Wildman–Crippen MR) is 88.9 cm³/mol. The van der Waals surface area contributed by atoms with Crippen molar-refractivity contribution < 1.29 is 14.3 Å². The van der Waals surface area contributed by atoms with Gasteiger partial charge in [-0.3, -0.25) is 9.20 Å². The van der Waals surface area contributed by atoms with Crippen molar-refractivity contribution in [2.75, 3.05) is 13.2 Å². The molecule has 0 fully saturated rings. The second-order valence-corrected chi connectivity index (χ2v) is 6.13. The summed E-state index contributed by atoms with van der Waals surface area (Å²) in [4.78, 5) is 17.4. The Balaban J connectivity index is 1.62. The van der Waals surface area contributed by atoms with Gasteiger partial charge in [0, 0.05) is 17.1 Å². The maximum atomic E-state index is 12.4. The maximum Gasteiger partial charge on any atom is 0.195 e. The van der Waals surface area contributed by atoms with Gasteiger partial charge in [0.2, 0.25) is 0 Å². The third-order valence-corrected chi connectivity index (χ3v) is 4.51. The van der Waals surface area contributed by atoms with Crippen LogP contribution in [0.3, 0.4) is 0 Å². The molecule has 3 heterocycles. The van der Waals surface area contributed by atoms with Crippen LogP contribution < -0.4 is 9.47 Å². The minimum atomic E-state index is -0.136. The van der Waals surface area contributed by atoms with Gasteiger partial charge in [-0.2, -0.15) is 0 Å². The Hall–Kier alpha value is -2.31. The number of nitrogens with zero attached hydrogens (tertiary/aromatic N) is 2. The molecule has 0 radical (unpaired) electrons. The number of ketones is 1. The van der Waals surface area contributed by atoms with E-state index in [0.29, 0.717) is 41.1 Å². The van der Waals surface area contributed by atoms with Crippen LogP contribution in [0, 0.1) is 0 Å². The Morgan fingerprint density at radius 2 is 2.13 bits per heavy atom. The zero-order valence-electron chi connectivity index (χ0n) is 11.9. The molecule has 0 bridgehead atoms. The first-order chi connectivity index (χ1) is 11.2. The van der Waals surface area contributed by atoms with Crippen molar-refractivity contribution in [3.63, 3.8) is 0 Å². The summed E-state index contributed by atoms with van der Waals surface area (Å²) in [5.41, 5.74) is 1.22. The number of carbonyl (C=O) groups excluding carboxylic acids is 1. The van der Waals surface area contributed by atoms with Crippen LogP contribution in [0.25, 0.3) is 11.0 Å². The van der Waals surface area contributed by atoms with Crippen LogP contribution in [0.5, 0.6) is 11.5 Å². The number of imidazole rings is 1. The predicted octanol–water partition coefficient (Wildman–Crippen LogP) is 3.72. The number of hydrogen-bond acceptors (Lipinski definition) is 5. The fraction of sp³-hybridized carbons (Fsp3) is 0.125. The number of carbonyl (C=O) groups is 1. The Morgan fingerprint density at radius 1 is 1.30 bits per heavy atom. The average molecular weight is 347 g/mol. The summed E-state index contributed by atoms with van der Waals surface area (Å²) in [6.07, 6.45) is 5.03. The first-order valence-electron chi connectivity index (χ1n) is 6.95. The van der Waals surface area contributed by atoms with E-state index in [0.717, 1.165) is 4.96 Å². The lowest BCUT2D eigenvalue weighted by atomic mass is 10.1. The molecule has 0 N–H and O–H groups in total. The molecule has 0 aliphatic carbocycles. The third-order valence-electron chi connectivity index (χ3n) is 3.47. The van der Waals surface area contributed by atoms with Gasteiger partial charge in [-0.25, -0.2) is 4.98 Å². The first-order valence-corrected chi connectivity index (χ1v) is 8.21. The van der Waals surface area contributed by atoms with E-state index in [-0.39, 0.29) is 5.78 Å². The van der Waals surface area contributed by atoms with Crippen LogP contribution in [0.2, 0.25) is 5.15 Å². The Morgan fingerprint density at radius 3 is 3.00 bits per heavy atom. The van der Waals surface area contributed by atoms with E-state index in [4.69, 9.17) is 21.1 Å². The van der Waals surface area contributed by atoms with Gasteiger partial charge < -0.3 is 9.47 Å². The molecule has 1 aliphatic heterocycles. The smallest absolute Gasteiger partial charge is 0.195 e. The standard InChI is InChI=1S/C16H11ClN2O3S/c17-15-11(19-5-8-23-16(19)18-15)2-3-12(20)10-1-4-13-14(9-10)22-7-6-21-13/h1-5,8-9H,6-7H2/b3-2+. The lowest BCUT2D eigenvalue weighted by molar-refractivity contribution is 0.104. The van der Waals surface area contributed by atoms with E-state index in [2.05, 4.69) is 4.98 Å². The van der Waals surface area contributed by atoms with Crippen LogP contribution in [0.15, 0.2) is 35.9 Å². The molecule has 0 spiro atoms. The van der Waals surface area contributed by atoms with Gasteiger partial charge in [0.15, 0.2) is 27.4 Å². The van der Waals surface area contributed by atoms with Crippen molar-refractivity contribution in [3.05, 3.63) is 52.3 Å². The Labute approximate surface area is 140 Å². The Kier molecular flexibility index (Phi) is 3.55. The Bertz CT molecular complexity index is 929. The fourth-order valence-electron chi connectivity index (χ4n) is 2.37. The summed E-state index contributed by atoms with van der Waals surface area (Å²) in [5.74, 6) is 1.12. The van der Waals surface area contributed by atoms with Gasteiger partial charge in [-0.15, -0.1) is 11.3 Å². The number of allylic oxidation sites excluding steroid dienone is 1. The van der Waals surface area contributed by atoms with Crippen molar-refractivity contribution in [1.29, 1.82) is 0 Å². The van der Waals surface area contributed by atoms with E-state index in [1.54, 1.807) is 24.3 Å². The second-order valence-electron chi connectivity index (χ2n) is 4.90. The van der Waals surface area contributed by atoms with Crippen molar-refractivity contribution in [3.8, 4) is 11.5 Å². The summed E-state index contributed by atoms with van der Waals surface area (Å²) in [5, 5.41) is 2.29. The van der Waals surface area contributed by atoms with Crippen LogP contribution in [-0.2, 0) is 0 Å². The molecule has 0 saturated heterocycles. The monoisotopic (exact) mass is 346 g/mol. The quantitative estimate of drug-likeness (QED) is 0.536. The van der Waals surface area contributed by atoms with Gasteiger partial charge in [0.05, 0.1) is 5.69 Å². The average Bonchev–Trinajstić information content (AvgIpc) is 3.13. The highest BCUT2D eigenvalue weighted by atomic mass is 35.5. The van der Waals surface area contributed by atoms with Crippen molar-refractivity contribution in [1.82, 2.24) is 9.38 Å². The molecule has 0 atom stereocenters. The number of hydrogen-bond donors (Lipinski definition) is 0. The lowest BCUT2D eigenvalue weighted by Crippen LogP contribution is -2.15. The van der Waals surface area contributed by atoms with Gasteiger partial charge in [0.1, 0.15) is 13.2 Å². The zero-order valence-corrected chi connectivity index (χ0v) is 13.4. The van der Waals surface area contributed by atoms with E-state index in [1.807, 2.05) is 16.0 Å². The summed E-state index contributed by atoms with van der Waals surface area (Å²) in [6, 6.07) is 5.16. The lowest BCUT2D eigenvalue weighted by Gasteiger charge is -2.18. The van der Waals surface area contributed by atoms with Crippen LogP contribution in [0.1, 0.15) is 16.1 Å². The van der Waals surface area contributed by atoms with Crippen LogP contribution in [0.4, 0.5) is 0 Å². The molecule has 3 aromatic rings. The van der Waals surface area contributed by atoms with Gasteiger partial charge in [0.25, 0.3) is 0 Å². The molecule has 0 amide bonds. The summed E-state index contributed by atoms with van der Waals surface area (Å²) < 4.78 is 12.8. The fourth-order valence-corrected chi connectivity index (χ4v) is 3.38. The van der Waals surface area contributed by atoms with E-state index < -0.39 is 0 Å². The SMILES string of the molecule is O=C(/C=C/c1c(Cl)nc2sccn12)c1ccc2c(c1)OCCO2. The number of thiazole rings is 1. The maximum absolute atomic E-state index is 12.4. The minimum absolute atomic E-state index is 0.136. The number of halogens is 1. The molecule has 0 unspecified atom stereocenters. The molecule has 0 saturated carbocycles. The molecule has 4 rings (SSSR count). The highest BCUT2D eigenvalue weighted by Gasteiger charge is 2.14. The highest BCUT2D eigenvalue weighted by Crippen LogP contribution is 2.31. The molecule has 1 aliphatic rings. The zero-order chi connectivity index (χ0) is 15.8. The largest absolute Gasteiger partial charge is 0.486 e. The van der Waals surface area contributed by atoms with E-state index in [9.17, 15) is 4.79 Å². The van der Waals surface area contributed by atoms with Crippen LogP contribution in [-0.4, -0.2) is 28.4 Å². The van der Waals surface area contributed by atoms with Gasteiger partial charge >= 0.3 is 0 Å². The molecule has 2 aromatic heterocycles. The van der Waals surface area contributed by atoms with Gasteiger partial charge in [-0.1, -0.05) is 11.6 Å². The van der Waals surface area contributed by atoms with Gasteiger partial charge in [-0.05, 0) is 30.4 Å². The number of rotatable bonds is 3. The van der Waals surface area contributed by atoms with Crippen molar-refractivity contribution in [2.24, 2.45) is 0 Å². The summed E-state index contributed by atoms with van der Waals surface area (Å²) in [7, 11) is 0. The summed E-state index contributed by atoms with van der Waals surface area (Å²) >= 11 is 7.60. The molecule has 5 nitrogen and oxygen atoms in total. The molecule has 1 aromatic carbocycles. The molecule has 23 heavy (non-hydrogen) atoms. The number of ether oxygens (including phenoxy) is 2. The van der Waals surface area contributed by atoms with E-state index >= 15 is 0 Å². The highest BCUT2D eigenvalue weighted by molar-refractivity contribution is 7.15. The molecular formula is C16H11ClN2O3S. The second kappa shape index (κ2) is 5.72. The number of fused-ring (bicyclic) bond motifs is 2. The van der Waals surface area contributed by atoms with Crippen molar-refractivity contribution >= 4 is 39.8 Å². The molecule has 7 heteroatoms. The number of aromatic nitrogens is 2. The molecule has 116 valence electrons. The first kappa shape index (κ1) is 14.3. The van der Waals surface area contributed by atoms with Crippen molar-refractivity contribution in [2.45, 2.75) is 0 Å².